The van der Waals surface area contributed by atoms with E-state index in [4.69, 9.17) is 11.6 Å². The van der Waals surface area contributed by atoms with Gasteiger partial charge in [0.05, 0.1) is 22.3 Å². The van der Waals surface area contributed by atoms with Gasteiger partial charge in [-0.15, -0.1) is 11.8 Å². The smallest absolute Gasteiger partial charge is 0.376 e. The Bertz CT molecular complexity index is 672. The van der Waals surface area contributed by atoms with Crippen molar-refractivity contribution >= 4 is 29.1 Å². The second kappa shape index (κ2) is 5.46. The average molecular weight is 330 g/mol. The first-order chi connectivity index (χ1) is 9.97. The molecule has 0 bridgehead atoms. The Balaban J connectivity index is 1.97. The number of benzene rings is 2. The van der Waals surface area contributed by atoms with Crippen molar-refractivity contribution < 1.29 is 13.2 Å². The number of anilines is 1. The fourth-order valence-electron chi connectivity index (χ4n) is 2.36. The zero-order chi connectivity index (χ0) is 15.0. The Hall–Kier alpha value is -1.33. The number of para-hydroxylation sites is 1. The second-order valence-corrected chi connectivity index (χ2v) is 6.17. The van der Waals surface area contributed by atoms with Gasteiger partial charge in [0.25, 0.3) is 0 Å². The topological polar surface area (TPSA) is 12.0 Å². The molecule has 110 valence electrons. The molecule has 2 aromatic carbocycles. The third-order valence-electron chi connectivity index (χ3n) is 3.34. The minimum Gasteiger partial charge on any atom is -0.376 e. The maximum absolute atomic E-state index is 13.1. The van der Waals surface area contributed by atoms with E-state index in [9.17, 15) is 13.2 Å². The summed E-state index contributed by atoms with van der Waals surface area (Å²) in [5, 5.41) is 3.05. The maximum Gasteiger partial charge on any atom is 0.418 e. The van der Waals surface area contributed by atoms with E-state index in [-0.39, 0.29) is 16.8 Å². The molecule has 6 heteroatoms. The van der Waals surface area contributed by atoms with Crippen LogP contribution in [0.25, 0.3) is 0 Å². The van der Waals surface area contributed by atoms with Crippen LogP contribution in [-0.2, 0) is 6.18 Å². The van der Waals surface area contributed by atoms with E-state index in [2.05, 4.69) is 5.32 Å². The molecule has 1 aliphatic rings. The molecule has 21 heavy (non-hydrogen) atoms. The number of fused-ring (bicyclic) bond motifs is 1. The second-order valence-electron chi connectivity index (χ2n) is 4.71. The van der Waals surface area contributed by atoms with E-state index in [1.807, 2.05) is 24.3 Å². The number of hydrogen-bond donors (Lipinski definition) is 1. The van der Waals surface area contributed by atoms with E-state index in [0.717, 1.165) is 16.5 Å². The third kappa shape index (κ3) is 2.85. The molecular formula is C15H11ClF3NS. The highest BCUT2D eigenvalue weighted by atomic mass is 35.5. The summed E-state index contributed by atoms with van der Waals surface area (Å²) in [5.41, 5.74) is 0.230. The van der Waals surface area contributed by atoms with Crippen molar-refractivity contribution in [2.45, 2.75) is 17.1 Å². The zero-order valence-electron chi connectivity index (χ0n) is 10.7. The molecular weight excluding hydrogens is 319 g/mol. The van der Waals surface area contributed by atoms with Crippen molar-refractivity contribution in [2.75, 3.05) is 11.1 Å². The highest BCUT2D eigenvalue weighted by molar-refractivity contribution is 7.99. The monoisotopic (exact) mass is 329 g/mol. The number of thioether (sulfide) groups is 1. The number of halogens is 4. The molecule has 0 aromatic heterocycles. The summed E-state index contributed by atoms with van der Waals surface area (Å²) in [4.78, 5) is 1.09. The Labute approximate surface area is 129 Å². The SMILES string of the molecule is FC(F)(F)c1cccc(Cl)c1NC1CSc2ccccc21. The fraction of sp³-hybridized carbons (Fsp3) is 0.200. The number of alkyl halides is 3. The predicted octanol–water partition coefficient (Wildman–Crippen LogP) is 5.62. The van der Waals surface area contributed by atoms with Gasteiger partial charge < -0.3 is 5.32 Å². The molecule has 1 nitrogen and oxygen atoms in total. The van der Waals surface area contributed by atoms with Gasteiger partial charge in [-0.1, -0.05) is 35.9 Å². The van der Waals surface area contributed by atoms with Gasteiger partial charge in [0.2, 0.25) is 0 Å². The van der Waals surface area contributed by atoms with Crippen molar-refractivity contribution in [2.24, 2.45) is 0 Å². The molecule has 1 N–H and O–H groups in total. The Morgan fingerprint density at radius 2 is 1.86 bits per heavy atom. The van der Waals surface area contributed by atoms with Crippen LogP contribution < -0.4 is 5.32 Å². The number of rotatable bonds is 2. The summed E-state index contributed by atoms with van der Waals surface area (Å²) in [6.45, 7) is 0. The van der Waals surface area contributed by atoms with Crippen LogP contribution in [0.1, 0.15) is 17.2 Å². The van der Waals surface area contributed by atoms with Crippen molar-refractivity contribution in [1.29, 1.82) is 0 Å². The summed E-state index contributed by atoms with van der Waals surface area (Å²) in [6, 6.07) is 11.4. The summed E-state index contributed by atoms with van der Waals surface area (Å²) >= 11 is 7.60. The molecule has 1 atom stereocenters. The first-order valence-electron chi connectivity index (χ1n) is 6.31. The van der Waals surface area contributed by atoms with Crippen LogP contribution in [-0.4, -0.2) is 5.75 Å². The largest absolute Gasteiger partial charge is 0.418 e. The first-order valence-corrected chi connectivity index (χ1v) is 7.67. The zero-order valence-corrected chi connectivity index (χ0v) is 12.3. The number of nitrogens with one attached hydrogen (secondary N) is 1. The third-order valence-corrected chi connectivity index (χ3v) is 4.84. The molecule has 0 saturated heterocycles. The van der Waals surface area contributed by atoms with Gasteiger partial charge in [0.15, 0.2) is 0 Å². The summed E-state index contributed by atoms with van der Waals surface area (Å²) in [6.07, 6.45) is -4.43. The Kier molecular flexibility index (Phi) is 3.80. The minimum atomic E-state index is -4.43. The van der Waals surface area contributed by atoms with Gasteiger partial charge >= 0.3 is 6.18 Å². The lowest BCUT2D eigenvalue weighted by Crippen LogP contribution is -2.15. The van der Waals surface area contributed by atoms with E-state index in [1.165, 1.54) is 12.1 Å². The van der Waals surface area contributed by atoms with Crippen LogP contribution in [0.2, 0.25) is 5.02 Å². The Morgan fingerprint density at radius 3 is 2.62 bits per heavy atom. The van der Waals surface area contributed by atoms with E-state index >= 15 is 0 Å². The molecule has 0 radical (unpaired) electrons. The van der Waals surface area contributed by atoms with Crippen LogP contribution in [0.5, 0.6) is 0 Å². The lowest BCUT2D eigenvalue weighted by atomic mass is 10.1. The number of hydrogen-bond acceptors (Lipinski definition) is 2. The average Bonchev–Trinajstić information content (AvgIpc) is 2.83. The molecule has 1 heterocycles. The molecule has 1 unspecified atom stereocenters. The molecule has 0 fully saturated rings. The van der Waals surface area contributed by atoms with Crippen molar-refractivity contribution in [1.82, 2.24) is 0 Å². The quantitative estimate of drug-likeness (QED) is 0.767. The highest BCUT2D eigenvalue weighted by Crippen LogP contribution is 2.44. The highest BCUT2D eigenvalue weighted by Gasteiger charge is 2.35. The van der Waals surface area contributed by atoms with E-state index in [1.54, 1.807) is 11.8 Å². The van der Waals surface area contributed by atoms with Gasteiger partial charge in [0.1, 0.15) is 0 Å². The lowest BCUT2D eigenvalue weighted by Gasteiger charge is -2.20. The molecule has 2 aromatic rings. The van der Waals surface area contributed by atoms with E-state index < -0.39 is 11.7 Å². The summed E-state index contributed by atoms with van der Waals surface area (Å²) < 4.78 is 39.3. The van der Waals surface area contributed by atoms with Crippen molar-refractivity contribution in [3.05, 3.63) is 58.6 Å². The van der Waals surface area contributed by atoms with Gasteiger partial charge in [-0.2, -0.15) is 13.2 Å². The summed E-state index contributed by atoms with van der Waals surface area (Å²) in [5.74, 6) is 0.682. The normalized spacial score (nSPS) is 17.6. The van der Waals surface area contributed by atoms with Crippen LogP contribution >= 0.6 is 23.4 Å². The van der Waals surface area contributed by atoms with Crippen LogP contribution in [0, 0.1) is 0 Å². The molecule has 1 aliphatic heterocycles. The molecule has 3 rings (SSSR count). The first kappa shape index (κ1) is 14.6. The lowest BCUT2D eigenvalue weighted by molar-refractivity contribution is -0.137. The molecule has 0 spiro atoms. The predicted molar refractivity (Wildman–Crippen MR) is 80.0 cm³/mol. The van der Waals surface area contributed by atoms with Crippen LogP contribution in [0.15, 0.2) is 47.4 Å². The molecule has 0 aliphatic carbocycles. The standard InChI is InChI=1S/C15H11ClF3NS/c16-11-6-3-5-10(15(17,18)19)14(11)20-12-8-21-13-7-2-1-4-9(12)13/h1-7,12,20H,8H2. The van der Waals surface area contributed by atoms with Gasteiger partial charge in [-0.05, 0) is 23.8 Å². The Morgan fingerprint density at radius 1 is 1.10 bits per heavy atom. The maximum atomic E-state index is 13.1. The van der Waals surface area contributed by atoms with Crippen molar-refractivity contribution in [3.8, 4) is 0 Å². The van der Waals surface area contributed by atoms with E-state index in [0.29, 0.717) is 5.75 Å². The molecule has 0 saturated carbocycles. The fourth-order valence-corrected chi connectivity index (χ4v) is 3.75. The van der Waals surface area contributed by atoms with Crippen LogP contribution in [0.4, 0.5) is 18.9 Å². The summed E-state index contributed by atoms with van der Waals surface area (Å²) in [7, 11) is 0. The van der Waals surface area contributed by atoms with Gasteiger partial charge in [0, 0.05) is 10.6 Å². The van der Waals surface area contributed by atoms with Gasteiger partial charge in [-0.25, -0.2) is 0 Å². The van der Waals surface area contributed by atoms with Gasteiger partial charge in [-0.3, -0.25) is 0 Å². The minimum absolute atomic E-state index is 0.0473. The van der Waals surface area contributed by atoms with Crippen molar-refractivity contribution in [3.63, 3.8) is 0 Å². The van der Waals surface area contributed by atoms with Crippen LogP contribution in [0.3, 0.4) is 0 Å². The molecule has 0 amide bonds.